The molecule has 3 rings (SSSR count). The molecular weight excluding hydrogens is 276 g/mol. The summed E-state index contributed by atoms with van der Waals surface area (Å²) in [5.74, 6) is 0.822. The molecule has 112 valence electrons. The van der Waals surface area contributed by atoms with Crippen molar-refractivity contribution in [1.82, 2.24) is 0 Å². The Kier molecular flexibility index (Phi) is 4.24. The summed E-state index contributed by atoms with van der Waals surface area (Å²) < 4.78 is 11.0. The standard InChI is InChI=1S/C19H18O3/c1-2-3-12-21-16-10-8-14(9-11-16)17-13-15-6-4-5-7-18(15)22-19(17)20/h4-11,13H,2-3,12H2,1H3. The molecule has 0 unspecified atom stereocenters. The van der Waals surface area contributed by atoms with Gasteiger partial charge in [-0.2, -0.15) is 0 Å². The third-order valence-electron chi connectivity index (χ3n) is 3.57. The van der Waals surface area contributed by atoms with Gasteiger partial charge in [-0.15, -0.1) is 0 Å². The molecule has 1 heterocycles. The van der Waals surface area contributed by atoms with E-state index < -0.39 is 0 Å². The van der Waals surface area contributed by atoms with Crippen LogP contribution in [0.4, 0.5) is 0 Å². The highest BCUT2D eigenvalue weighted by Crippen LogP contribution is 2.23. The SMILES string of the molecule is CCCCOc1ccc(-c2cc3ccccc3oc2=O)cc1. The van der Waals surface area contributed by atoms with Gasteiger partial charge in [-0.1, -0.05) is 43.7 Å². The Morgan fingerprint density at radius 2 is 1.82 bits per heavy atom. The van der Waals surface area contributed by atoms with E-state index in [1.165, 1.54) is 0 Å². The van der Waals surface area contributed by atoms with Gasteiger partial charge in [0.05, 0.1) is 12.2 Å². The first kappa shape index (κ1) is 14.4. The van der Waals surface area contributed by atoms with Gasteiger partial charge in [0.25, 0.3) is 0 Å². The number of hydrogen-bond acceptors (Lipinski definition) is 3. The molecule has 0 amide bonds. The number of rotatable bonds is 5. The molecule has 0 fully saturated rings. The average Bonchev–Trinajstić information content (AvgIpc) is 2.55. The van der Waals surface area contributed by atoms with Gasteiger partial charge in [-0.25, -0.2) is 4.79 Å². The molecule has 0 aliphatic carbocycles. The second kappa shape index (κ2) is 6.48. The molecule has 2 aromatic carbocycles. The molecule has 0 spiro atoms. The number of hydrogen-bond donors (Lipinski definition) is 0. The third kappa shape index (κ3) is 3.03. The smallest absolute Gasteiger partial charge is 0.344 e. The fourth-order valence-electron chi connectivity index (χ4n) is 2.33. The zero-order valence-electron chi connectivity index (χ0n) is 12.5. The summed E-state index contributed by atoms with van der Waals surface area (Å²) in [4.78, 5) is 12.1. The highest BCUT2D eigenvalue weighted by molar-refractivity contribution is 5.81. The minimum absolute atomic E-state index is 0.321. The van der Waals surface area contributed by atoms with Gasteiger partial charge in [0.2, 0.25) is 0 Å². The number of para-hydroxylation sites is 1. The van der Waals surface area contributed by atoms with E-state index in [1.807, 2.05) is 48.5 Å². The van der Waals surface area contributed by atoms with Gasteiger partial charge in [-0.3, -0.25) is 0 Å². The highest BCUT2D eigenvalue weighted by atomic mass is 16.5. The summed E-state index contributed by atoms with van der Waals surface area (Å²) in [6.45, 7) is 2.85. The lowest BCUT2D eigenvalue weighted by Gasteiger charge is -2.06. The van der Waals surface area contributed by atoms with Crippen molar-refractivity contribution in [3.63, 3.8) is 0 Å². The van der Waals surface area contributed by atoms with Gasteiger partial charge in [0.15, 0.2) is 0 Å². The van der Waals surface area contributed by atoms with Crippen molar-refractivity contribution in [2.45, 2.75) is 19.8 Å². The molecule has 0 N–H and O–H groups in total. The molecule has 0 aliphatic rings. The first-order valence-corrected chi connectivity index (χ1v) is 7.54. The van der Waals surface area contributed by atoms with E-state index in [1.54, 1.807) is 6.07 Å². The minimum Gasteiger partial charge on any atom is -0.494 e. The van der Waals surface area contributed by atoms with Crippen LogP contribution < -0.4 is 10.4 Å². The van der Waals surface area contributed by atoms with Crippen LogP contribution in [0.3, 0.4) is 0 Å². The molecule has 0 saturated heterocycles. The van der Waals surface area contributed by atoms with E-state index in [0.29, 0.717) is 17.8 Å². The molecule has 0 saturated carbocycles. The summed E-state index contributed by atoms with van der Waals surface area (Å²) in [5, 5.41) is 0.917. The van der Waals surface area contributed by atoms with Gasteiger partial charge in [0, 0.05) is 5.39 Å². The zero-order valence-corrected chi connectivity index (χ0v) is 12.5. The quantitative estimate of drug-likeness (QED) is 0.508. The van der Waals surface area contributed by atoms with Crippen LogP contribution in [0, 0.1) is 0 Å². The highest BCUT2D eigenvalue weighted by Gasteiger charge is 2.07. The normalized spacial score (nSPS) is 10.8. The van der Waals surface area contributed by atoms with Gasteiger partial charge < -0.3 is 9.15 Å². The first-order valence-electron chi connectivity index (χ1n) is 7.54. The molecule has 22 heavy (non-hydrogen) atoms. The van der Waals surface area contributed by atoms with Gasteiger partial charge in [-0.05, 0) is 36.2 Å². The van der Waals surface area contributed by atoms with Crippen LogP contribution >= 0.6 is 0 Å². The molecule has 3 aromatic rings. The second-order valence-electron chi connectivity index (χ2n) is 5.21. The van der Waals surface area contributed by atoms with Crippen LogP contribution in [-0.4, -0.2) is 6.61 Å². The van der Waals surface area contributed by atoms with Crippen molar-refractivity contribution >= 4 is 11.0 Å². The topological polar surface area (TPSA) is 39.4 Å². The zero-order chi connectivity index (χ0) is 15.4. The third-order valence-corrected chi connectivity index (χ3v) is 3.57. The van der Waals surface area contributed by atoms with Crippen molar-refractivity contribution in [2.24, 2.45) is 0 Å². The lowest BCUT2D eigenvalue weighted by atomic mass is 10.1. The van der Waals surface area contributed by atoms with Crippen LogP contribution in [0.1, 0.15) is 19.8 Å². The lowest BCUT2D eigenvalue weighted by Crippen LogP contribution is -2.02. The Hall–Kier alpha value is -2.55. The molecule has 1 aromatic heterocycles. The molecule has 3 nitrogen and oxygen atoms in total. The van der Waals surface area contributed by atoms with Crippen molar-refractivity contribution in [3.05, 3.63) is 65.0 Å². The minimum atomic E-state index is -0.321. The summed E-state index contributed by atoms with van der Waals surface area (Å²) >= 11 is 0. The van der Waals surface area contributed by atoms with E-state index in [9.17, 15) is 4.79 Å². The summed E-state index contributed by atoms with van der Waals surface area (Å²) in [7, 11) is 0. The molecule has 0 aliphatic heterocycles. The summed E-state index contributed by atoms with van der Waals surface area (Å²) in [6, 6.07) is 16.9. The van der Waals surface area contributed by atoms with E-state index in [-0.39, 0.29) is 5.63 Å². The Bertz CT molecular complexity index is 816. The number of fused-ring (bicyclic) bond motifs is 1. The van der Waals surface area contributed by atoms with Crippen molar-refractivity contribution in [1.29, 1.82) is 0 Å². The Morgan fingerprint density at radius 1 is 1.05 bits per heavy atom. The van der Waals surface area contributed by atoms with E-state index >= 15 is 0 Å². The maximum atomic E-state index is 12.1. The summed E-state index contributed by atoms with van der Waals surface area (Å²) in [6.07, 6.45) is 2.15. The summed E-state index contributed by atoms with van der Waals surface area (Å²) in [5.41, 5.74) is 1.69. The van der Waals surface area contributed by atoms with Gasteiger partial charge >= 0.3 is 5.63 Å². The monoisotopic (exact) mass is 294 g/mol. The Morgan fingerprint density at radius 3 is 2.59 bits per heavy atom. The fourth-order valence-corrected chi connectivity index (χ4v) is 2.33. The largest absolute Gasteiger partial charge is 0.494 e. The second-order valence-corrected chi connectivity index (χ2v) is 5.21. The van der Waals surface area contributed by atoms with E-state index in [4.69, 9.17) is 9.15 Å². The fraction of sp³-hybridized carbons (Fsp3) is 0.211. The van der Waals surface area contributed by atoms with Crippen LogP contribution in [0.15, 0.2) is 63.8 Å². The van der Waals surface area contributed by atoms with E-state index in [0.717, 1.165) is 29.5 Å². The first-order chi connectivity index (χ1) is 10.8. The van der Waals surface area contributed by atoms with Crippen molar-refractivity contribution in [2.75, 3.05) is 6.61 Å². The Labute approximate surface area is 129 Å². The maximum Gasteiger partial charge on any atom is 0.344 e. The lowest BCUT2D eigenvalue weighted by molar-refractivity contribution is 0.309. The predicted molar refractivity (Wildman–Crippen MR) is 88.3 cm³/mol. The van der Waals surface area contributed by atoms with Crippen LogP contribution in [0.25, 0.3) is 22.1 Å². The predicted octanol–water partition coefficient (Wildman–Crippen LogP) is 4.64. The number of benzene rings is 2. The maximum absolute atomic E-state index is 12.1. The average molecular weight is 294 g/mol. The van der Waals surface area contributed by atoms with Crippen molar-refractivity contribution in [3.8, 4) is 16.9 Å². The van der Waals surface area contributed by atoms with Crippen molar-refractivity contribution < 1.29 is 9.15 Å². The molecule has 0 atom stereocenters. The molecule has 3 heteroatoms. The van der Waals surface area contributed by atoms with Crippen LogP contribution in [0.2, 0.25) is 0 Å². The van der Waals surface area contributed by atoms with Gasteiger partial charge in [0.1, 0.15) is 11.3 Å². The van der Waals surface area contributed by atoms with Crippen LogP contribution in [0.5, 0.6) is 5.75 Å². The number of unbranched alkanes of at least 4 members (excludes halogenated alkanes) is 1. The Balaban J connectivity index is 1.90. The number of ether oxygens (including phenoxy) is 1. The molecule has 0 bridgehead atoms. The van der Waals surface area contributed by atoms with E-state index in [2.05, 4.69) is 6.92 Å². The molecular formula is C19H18O3. The van der Waals surface area contributed by atoms with Crippen LogP contribution in [-0.2, 0) is 0 Å². The molecule has 0 radical (unpaired) electrons.